The highest BCUT2D eigenvalue weighted by Crippen LogP contribution is 2.16. The molecule has 94 valence electrons. The van der Waals surface area contributed by atoms with Crippen molar-refractivity contribution in [2.75, 3.05) is 5.32 Å². The van der Waals surface area contributed by atoms with Gasteiger partial charge in [-0.05, 0) is 18.2 Å². The Morgan fingerprint density at radius 3 is 2.78 bits per heavy atom. The van der Waals surface area contributed by atoms with Crippen LogP contribution in [0.15, 0.2) is 34.9 Å². The van der Waals surface area contributed by atoms with Crippen LogP contribution in [-0.4, -0.2) is 11.1 Å². The molecule has 0 saturated carbocycles. The highest BCUT2D eigenvalue weighted by atomic mass is 19.1. The van der Waals surface area contributed by atoms with Crippen LogP contribution in [-0.2, 0) is 0 Å². The van der Waals surface area contributed by atoms with E-state index in [1.54, 1.807) is 12.1 Å². The van der Waals surface area contributed by atoms with Gasteiger partial charge in [0.1, 0.15) is 11.6 Å². The number of amides is 1. The lowest BCUT2D eigenvalue weighted by atomic mass is 10.1. The molecule has 0 spiro atoms. The van der Waals surface area contributed by atoms with Gasteiger partial charge >= 0.3 is 0 Å². The average molecular weight is 248 g/mol. The number of anilines is 1. The van der Waals surface area contributed by atoms with Crippen LogP contribution >= 0.6 is 0 Å². The molecule has 0 bridgehead atoms. The van der Waals surface area contributed by atoms with E-state index in [-0.39, 0.29) is 11.6 Å². The zero-order valence-corrected chi connectivity index (χ0v) is 10.1. The molecule has 4 nitrogen and oxygen atoms in total. The van der Waals surface area contributed by atoms with E-state index < -0.39 is 11.7 Å². The molecule has 1 aromatic carbocycles. The summed E-state index contributed by atoms with van der Waals surface area (Å²) >= 11 is 0. The third kappa shape index (κ3) is 2.74. The van der Waals surface area contributed by atoms with Gasteiger partial charge in [-0.15, -0.1) is 0 Å². The van der Waals surface area contributed by atoms with Gasteiger partial charge < -0.3 is 9.84 Å². The van der Waals surface area contributed by atoms with Crippen molar-refractivity contribution >= 4 is 11.6 Å². The zero-order chi connectivity index (χ0) is 13.1. The monoisotopic (exact) mass is 248 g/mol. The summed E-state index contributed by atoms with van der Waals surface area (Å²) in [6.07, 6.45) is 0. The first-order valence-corrected chi connectivity index (χ1v) is 5.60. The number of carbonyl (C=O) groups excluding carboxylic acids is 1. The SMILES string of the molecule is CC(C)c1cc(C(=O)Nc2cccc(F)c2)no1. The van der Waals surface area contributed by atoms with Gasteiger partial charge in [-0.3, -0.25) is 4.79 Å². The summed E-state index contributed by atoms with van der Waals surface area (Å²) in [6, 6.07) is 7.25. The minimum Gasteiger partial charge on any atom is -0.360 e. The molecule has 0 fully saturated rings. The Hall–Kier alpha value is -2.17. The second kappa shape index (κ2) is 5.00. The molecule has 2 rings (SSSR count). The topological polar surface area (TPSA) is 55.1 Å². The van der Waals surface area contributed by atoms with E-state index in [4.69, 9.17) is 4.52 Å². The molecule has 1 N–H and O–H groups in total. The van der Waals surface area contributed by atoms with Gasteiger partial charge in [0.15, 0.2) is 5.69 Å². The van der Waals surface area contributed by atoms with E-state index in [0.29, 0.717) is 11.4 Å². The van der Waals surface area contributed by atoms with Gasteiger partial charge in [-0.1, -0.05) is 25.1 Å². The first-order chi connectivity index (χ1) is 8.56. The maximum atomic E-state index is 12.9. The van der Waals surface area contributed by atoms with Crippen LogP contribution < -0.4 is 5.32 Å². The predicted molar refractivity (Wildman–Crippen MR) is 64.9 cm³/mol. The number of halogens is 1. The third-order valence-corrected chi connectivity index (χ3v) is 2.41. The molecular weight excluding hydrogens is 235 g/mol. The molecule has 0 radical (unpaired) electrons. The van der Waals surface area contributed by atoms with E-state index in [0.717, 1.165) is 0 Å². The van der Waals surface area contributed by atoms with Crippen molar-refractivity contribution in [3.05, 3.63) is 47.6 Å². The summed E-state index contributed by atoms with van der Waals surface area (Å²) in [5, 5.41) is 6.23. The minimum absolute atomic E-state index is 0.160. The van der Waals surface area contributed by atoms with Crippen LogP contribution in [0.4, 0.5) is 10.1 Å². The Morgan fingerprint density at radius 2 is 2.17 bits per heavy atom. The summed E-state index contributed by atoms with van der Waals surface area (Å²) in [6.45, 7) is 3.88. The largest absolute Gasteiger partial charge is 0.360 e. The van der Waals surface area contributed by atoms with Gasteiger partial charge in [0.05, 0.1) is 0 Å². The number of rotatable bonds is 3. The van der Waals surface area contributed by atoms with Crippen molar-refractivity contribution in [2.45, 2.75) is 19.8 Å². The second-order valence-corrected chi connectivity index (χ2v) is 4.23. The van der Waals surface area contributed by atoms with Crippen LogP contribution in [0.3, 0.4) is 0 Å². The van der Waals surface area contributed by atoms with E-state index in [9.17, 15) is 9.18 Å². The summed E-state index contributed by atoms with van der Waals surface area (Å²) in [4.78, 5) is 11.8. The summed E-state index contributed by atoms with van der Waals surface area (Å²) < 4.78 is 18.0. The van der Waals surface area contributed by atoms with Crippen molar-refractivity contribution in [3.63, 3.8) is 0 Å². The van der Waals surface area contributed by atoms with Gasteiger partial charge in [-0.2, -0.15) is 0 Å². The molecule has 0 unspecified atom stereocenters. The van der Waals surface area contributed by atoms with Gasteiger partial charge in [0.2, 0.25) is 0 Å². The maximum absolute atomic E-state index is 12.9. The molecule has 0 aliphatic heterocycles. The Bertz CT molecular complexity index is 564. The second-order valence-electron chi connectivity index (χ2n) is 4.23. The van der Waals surface area contributed by atoms with E-state index in [1.807, 2.05) is 13.8 Å². The minimum atomic E-state index is -0.420. The quantitative estimate of drug-likeness (QED) is 0.907. The number of nitrogens with one attached hydrogen (secondary N) is 1. The maximum Gasteiger partial charge on any atom is 0.277 e. The fourth-order valence-corrected chi connectivity index (χ4v) is 1.43. The highest BCUT2D eigenvalue weighted by molar-refractivity contribution is 6.02. The van der Waals surface area contributed by atoms with Crippen LogP contribution in [0.25, 0.3) is 0 Å². The Balaban J connectivity index is 2.12. The molecule has 1 heterocycles. The summed E-state index contributed by atoms with van der Waals surface area (Å²) in [5.74, 6) is -0.0281. The smallest absolute Gasteiger partial charge is 0.277 e. The molecule has 5 heteroatoms. The molecule has 18 heavy (non-hydrogen) atoms. The van der Waals surface area contributed by atoms with Crippen LogP contribution in [0.2, 0.25) is 0 Å². The average Bonchev–Trinajstić information content (AvgIpc) is 2.78. The molecule has 1 aromatic heterocycles. The van der Waals surface area contributed by atoms with Gasteiger partial charge in [0.25, 0.3) is 5.91 Å². The molecule has 0 atom stereocenters. The van der Waals surface area contributed by atoms with Crippen molar-refractivity contribution in [1.29, 1.82) is 0 Å². The number of hydrogen-bond acceptors (Lipinski definition) is 3. The normalized spacial score (nSPS) is 10.7. The number of aromatic nitrogens is 1. The lowest BCUT2D eigenvalue weighted by molar-refractivity contribution is 0.101. The number of hydrogen-bond donors (Lipinski definition) is 1. The Morgan fingerprint density at radius 1 is 1.39 bits per heavy atom. The van der Waals surface area contributed by atoms with Crippen molar-refractivity contribution in [3.8, 4) is 0 Å². The number of nitrogens with zero attached hydrogens (tertiary/aromatic N) is 1. The summed E-state index contributed by atoms with van der Waals surface area (Å²) in [5.41, 5.74) is 0.567. The number of carbonyl (C=O) groups is 1. The Labute approximate surface area is 104 Å². The summed E-state index contributed by atoms with van der Waals surface area (Å²) in [7, 11) is 0. The van der Waals surface area contributed by atoms with Gasteiger partial charge in [-0.25, -0.2) is 4.39 Å². The molecule has 0 aliphatic carbocycles. The first-order valence-electron chi connectivity index (χ1n) is 5.60. The van der Waals surface area contributed by atoms with Crippen molar-refractivity contribution in [1.82, 2.24) is 5.16 Å². The zero-order valence-electron chi connectivity index (χ0n) is 10.1. The number of benzene rings is 1. The van der Waals surface area contributed by atoms with Crippen LogP contribution in [0.1, 0.15) is 36.0 Å². The first kappa shape index (κ1) is 12.3. The molecule has 1 amide bonds. The van der Waals surface area contributed by atoms with Crippen molar-refractivity contribution < 1.29 is 13.7 Å². The van der Waals surface area contributed by atoms with Crippen LogP contribution in [0, 0.1) is 5.82 Å². The molecular formula is C13H13FN2O2. The molecule has 0 saturated heterocycles. The molecule has 0 aliphatic rings. The lowest BCUT2D eigenvalue weighted by Crippen LogP contribution is -2.12. The van der Waals surface area contributed by atoms with Gasteiger partial charge in [0, 0.05) is 17.7 Å². The van der Waals surface area contributed by atoms with E-state index >= 15 is 0 Å². The molecule has 2 aromatic rings. The predicted octanol–water partition coefficient (Wildman–Crippen LogP) is 3.19. The van der Waals surface area contributed by atoms with Crippen molar-refractivity contribution in [2.24, 2.45) is 0 Å². The third-order valence-electron chi connectivity index (χ3n) is 2.41. The highest BCUT2D eigenvalue weighted by Gasteiger charge is 2.14. The lowest BCUT2D eigenvalue weighted by Gasteiger charge is -2.01. The fourth-order valence-electron chi connectivity index (χ4n) is 1.43. The van der Waals surface area contributed by atoms with E-state index in [1.165, 1.54) is 18.2 Å². The van der Waals surface area contributed by atoms with Crippen LogP contribution in [0.5, 0.6) is 0 Å². The fraction of sp³-hybridized carbons (Fsp3) is 0.231. The Kier molecular flexibility index (Phi) is 3.41. The standard InChI is InChI=1S/C13H13FN2O2/c1-8(2)12-7-11(16-18-12)13(17)15-10-5-3-4-9(14)6-10/h3-8H,1-2H3,(H,15,17). The van der Waals surface area contributed by atoms with E-state index in [2.05, 4.69) is 10.5 Å².